The Balaban J connectivity index is 0.00000288. The number of halogens is 1. The number of hydrogen-bond acceptors (Lipinski definition) is 3. The highest BCUT2D eigenvalue weighted by atomic mass is 127. The van der Waals surface area contributed by atoms with Gasteiger partial charge in [0.05, 0.1) is 11.5 Å². The quantitative estimate of drug-likeness (QED) is 0.337. The maximum atomic E-state index is 12.6. The fourth-order valence-electron chi connectivity index (χ4n) is 3.95. The summed E-state index contributed by atoms with van der Waals surface area (Å²) in [6.07, 6.45) is 6.97. The van der Waals surface area contributed by atoms with Gasteiger partial charge in [-0.25, -0.2) is 0 Å². The second-order valence-electron chi connectivity index (χ2n) is 7.25. The van der Waals surface area contributed by atoms with Gasteiger partial charge in [-0.2, -0.15) is 0 Å². The van der Waals surface area contributed by atoms with Gasteiger partial charge in [-0.15, -0.1) is 24.0 Å². The maximum absolute atomic E-state index is 12.6. The molecule has 0 saturated heterocycles. The van der Waals surface area contributed by atoms with Crippen LogP contribution in [0.5, 0.6) is 0 Å². The SMILES string of the molecule is CN=C(NCC1CCCC1O)NCC1(C(=O)N(C)C)CCCC1.I. The van der Waals surface area contributed by atoms with Crippen molar-refractivity contribution in [3.8, 4) is 0 Å². The van der Waals surface area contributed by atoms with E-state index in [-0.39, 0.29) is 41.4 Å². The van der Waals surface area contributed by atoms with Crippen LogP contribution in [-0.4, -0.2) is 62.2 Å². The van der Waals surface area contributed by atoms with Crippen LogP contribution in [0.4, 0.5) is 0 Å². The van der Waals surface area contributed by atoms with Crippen molar-refractivity contribution < 1.29 is 9.90 Å². The zero-order valence-electron chi connectivity index (χ0n) is 15.2. The van der Waals surface area contributed by atoms with E-state index in [1.807, 2.05) is 14.1 Å². The molecule has 0 radical (unpaired) electrons. The molecule has 140 valence electrons. The number of aliphatic hydroxyl groups is 1. The van der Waals surface area contributed by atoms with Crippen molar-refractivity contribution in [3.63, 3.8) is 0 Å². The molecule has 2 aliphatic rings. The van der Waals surface area contributed by atoms with Crippen molar-refractivity contribution in [2.45, 2.75) is 51.0 Å². The zero-order chi connectivity index (χ0) is 16.9. The topological polar surface area (TPSA) is 77.0 Å². The number of guanidine groups is 1. The third kappa shape index (κ3) is 5.21. The fraction of sp³-hybridized carbons (Fsp3) is 0.882. The van der Waals surface area contributed by atoms with E-state index in [2.05, 4.69) is 15.6 Å². The van der Waals surface area contributed by atoms with Crippen molar-refractivity contribution in [1.29, 1.82) is 0 Å². The molecule has 6 nitrogen and oxygen atoms in total. The molecule has 2 atom stereocenters. The normalized spacial score (nSPS) is 25.9. The maximum Gasteiger partial charge on any atom is 0.230 e. The summed E-state index contributed by atoms with van der Waals surface area (Å²) < 4.78 is 0. The summed E-state index contributed by atoms with van der Waals surface area (Å²) in [6.45, 7) is 1.35. The number of aliphatic imine (C=N–C) groups is 1. The van der Waals surface area contributed by atoms with Crippen LogP contribution in [0.1, 0.15) is 44.9 Å². The molecule has 0 heterocycles. The molecule has 3 N–H and O–H groups in total. The van der Waals surface area contributed by atoms with Gasteiger partial charge in [0, 0.05) is 40.2 Å². The largest absolute Gasteiger partial charge is 0.393 e. The van der Waals surface area contributed by atoms with E-state index in [0.717, 1.165) is 57.5 Å². The molecule has 1 amide bonds. The number of hydrogen-bond donors (Lipinski definition) is 3. The van der Waals surface area contributed by atoms with Crippen LogP contribution >= 0.6 is 24.0 Å². The van der Waals surface area contributed by atoms with Gasteiger partial charge in [0.2, 0.25) is 5.91 Å². The van der Waals surface area contributed by atoms with E-state index < -0.39 is 0 Å². The summed E-state index contributed by atoms with van der Waals surface area (Å²) in [5, 5.41) is 16.5. The van der Waals surface area contributed by atoms with Gasteiger partial charge in [-0.1, -0.05) is 19.3 Å². The van der Waals surface area contributed by atoms with Crippen LogP contribution in [0.2, 0.25) is 0 Å². The molecule has 2 aliphatic carbocycles. The van der Waals surface area contributed by atoms with Gasteiger partial charge >= 0.3 is 0 Å². The minimum atomic E-state index is -0.298. The number of carbonyl (C=O) groups excluding carboxylic acids is 1. The first-order valence-electron chi connectivity index (χ1n) is 8.83. The average Bonchev–Trinajstić information content (AvgIpc) is 3.17. The van der Waals surface area contributed by atoms with Crippen LogP contribution in [0, 0.1) is 11.3 Å². The smallest absolute Gasteiger partial charge is 0.230 e. The minimum Gasteiger partial charge on any atom is -0.393 e. The van der Waals surface area contributed by atoms with Gasteiger partial charge in [0.25, 0.3) is 0 Å². The summed E-state index contributed by atoms with van der Waals surface area (Å²) in [7, 11) is 5.41. The standard InChI is InChI=1S/C17H32N4O2.HI/c1-18-16(19-11-13-7-6-8-14(13)22)20-12-17(9-4-5-10-17)15(23)21(2)3;/h13-14,22H,4-12H2,1-3H3,(H2,18,19,20);1H. The Morgan fingerprint density at radius 1 is 1.21 bits per heavy atom. The van der Waals surface area contributed by atoms with Crippen LogP contribution in [0.25, 0.3) is 0 Å². The number of rotatable bonds is 5. The summed E-state index contributed by atoms with van der Waals surface area (Å²) >= 11 is 0. The molecule has 0 bridgehead atoms. The highest BCUT2D eigenvalue weighted by Gasteiger charge is 2.42. The van der Waals surface area contributed by atoms with E-state index >= 15 is 0 Å². The fourth-order valence-corrected chi connectivity index (χ4v) is 3.95. The van der Waals surface area contributed by atoms with Crippen molar-refractivity contribution >= 4 is 35.8 Å². The molecule has 24 heavy (non-hydrogen) atoms. The highest BCUT2D eigenvalue weighted by Crippen LogP contribution is 2.38. The number of aliphatic hydroxyl groups excluding tert-OH is 1. The molecule has 2 fully saturated rings. The lowest BCUT2D eigenvalue weighted by Crippen LogP contribution is -2.50. The highest BCUT2D eigenvalue weighted by molar-refractivity contribution is 14.0. The predicted octanol–water partition coefficient (Wildman–Crippen LogP) is 1.58. The molecular weight excluding hydrogens is 419 g/mol. The van der Waals surface area contributed by atoms with Gasteiger partial charge in [0.1, 0.15) is 0 Å². The van der Waals surface area contributed by atoms with Crippen molar-refractivity contribution in [2.75, 3.05) is 34.2 Å². The number of carbonyl (C=O) groups is 1. The first kappa shape index (κ1) is 21.5. The molecular formula is C17H33IN4O2. The average molecular weight is 452 g/mol. The van der Waals surface area contributed by atoms with E-state index in [0.29, 0.717) is 12.5 Å². The lowest BCUT2D eigenvalue weighted by atomic mass is 9.84. The van der Waals surface area contributed by atoms with Crippen LogP contribution in [0.3, 0.4) is 0 Å². The van der Waals surface area contributed by atoms with E-state index in [4.69, 9.17) is 0 Å². The number of nitrogens with one attached hydrogen (secondary N) is 2. The minimum absolute atomic E-state index is 0. The molecule has 0 spiro atoms. The monoisotopic (exact) mass is 452 g/mol. The van der Waals surface area contributed by atoms with Gasteiger partial charge in [0.15, 0.2) is 5.96 Å². The van der Waals surface area contributed by atoms with E-state index in [1.54, 1.807) is 11.9 Å². The summed E-state index contributed by atoms with van der Waals surface area (Å²) in [5.74, 6) is 1.24. The third-order valence-corrected chi connectivity index (χ3v) is 5.39. The molecule has 7 heteroatoms. The van der Waals surface area contributed by atoms with Gasteiger partial charge < -0.3 is 20.6 Å². The van der Waals surface area contributed by atoms with Crippen molar-refractivity contribution in [1.82, 2.24) is 15.5 Å². The zero-order valence-corrected chi connectivity index (χ0v) is 17.5. The molecule has 0 aromatic carbocycles. The number of nitrogens with zero attached hydrogens (tertiary/aromatic N) is 2. The van der Waals surface area contributed by atoms with Crippen LogP contribution in [0.15, 0.2) is 4.99 Å². The second-order valence-corrected chi connectivity index (χ2v) is 7.25. The van der Waals surface area contributed by atoms with Crippen LogP contribution < -0.4 is 10.6 Å². The summed E-state index contributed by atoms with van der Waals surface area (Å²) in [5.41, 5.74) is -0.298. The van der Waals surface area contributed by atoms with Gasteiger partial charge in [-0.05, 0) is 25.7 Å². The Bertz CT molecular complexity index is 436. The Hall–Kier alpha value is -0.570. The Morgan fingerprint density at radius 2 is 1.88 bits per heavy atom. The van der Waals surface area contributed by atoms with Crippen molar-refractivity contribution in [2.24, 2.45) is 16.3 Å². The van der Waals surface area contributed by atoms with Crippen molar-refractivity contribution in [3.05, 3.63) is 0 Å². The van der Waals surface area contributed by atoms with E-state index in [9.17, 15) is 9.90 Å². The first-order valence-corrected chi connectivity index (χ1v) is 8.83. The molecule has 0 aromatic heterocycles. The molecule has 0 aliphatic heterocycles. The Labute approximate surface area is 162 Å². The molecule has 0 aromatic rings. The molecule has 2 rings (SSSR count). The molecule has 2 saturated carbocycles. The predicted molar refractivity (Wildman–Crippen MR) is 108 cm³/mol. The summed E-state index contributed by atoms with van der Waals surface area (Å²) in [6, 6.07) is 0. The molecule has 2 unspecified atom stereocenters. The first-order chi connectivity index (χ1) is 11.0. The third-order valence-electron chi connectivity index (χ3n) is 5.39. The van der Waals surface area contributed by atoms with E-state index in [1.165, 1.54) is 0 Å². The number of amides is 1. The van der Waals surface area contributed by atoms with Gasteiger partial charge in [-0.3, -0.25) is 9.79 Å². The summed E-state index contributed by atoms with van der Waals surface area (Å²) in [4.78, 5) is 18.5. The lowest BCUT2D eigenvalue weighted by Gasteiger charge is -2.31. The Morgan fingerprint density at radius 3 is 2.38 bits per heavy atom. The van der Waals surface area contributed by atoms with Crippen LogP contribution in [-0.2, 0) is 4.79 Å². The Kier molecular flexibility index (Phi) is 8.76. The second kappa shape index (κ2) is 9.79. The lowest BCUT2D eigenvalue weighted by molar-refractivity contribution is -0.138.